The summed E-state index contributed by atoms with van der Waals surface area (Å²) in [6.07, 6.45) is 0.780. The molecule has 2 heterocycles. The van der Waals surface area contributed by atoms with Gasteiger partial charge in [-0.2, -0.15) is 0 Å². The average molecular weight is 245 g/mol. The molecular formula is C12H15N5O. The summed E-state index contributed by atoms with van der Waals surface area (Å²) < 4.78 is 2.07. The van der Waals surface area contributed by atoms with Crippen molar-refractivity contribution in [1.82, 2.24) is 14.9 Å². The second kappa shape index (κ2) is 3.71. The van der Waals surface area contributed by atoms with Gasteiger partial charge >= 0.3 is 0 Å². The first-order valence-corrected chi connectivity index (χ1v) is 5.85. The second-order valence-electron chi connectivity index (χ2n) is 4.64. The van der Waals surface area contributed by atoms with Gasteiger partial charge in [-0.3, -0.25) is 0 Å². The molecule has 4 N–H and O–H groups in total. The van der Waals surface area contributed by atoms with Crippen molar-refractivity contribution >= 4 is 16.9 Å². The van der Waals surface area contributed by atoms with Crippen molar-refractivity contribution in [2.45, 2.75) is 26.2 Å². The Balaban J connectivity index is 2.45. The number of rotatable bonds is 1. The van der Waals surface area contributed by atoms with Gasteiger partial charge in [0.15, 0.2) is 0 Å². The molecule has 1 aliphatic rings. The molecule has 0 spiro atoms. The number of hydrogen-bond donors (Lipinski definition) is 3. The summed E-state index contributed by atoms with van der Waals surface area (Å²) in [4.78, 5) is 8.55. The summed E-state index contributed by atoms with van der Waals surface area (Å²) >= 11 is 0. The van der Waals surface area contributed by atoms with E-state index in [2.05, 4.69) is 33.7 Å². The lowest BCUT2D eigenvalue weighted by Crippen LogP contribution is -2.46. The minimum absolute atomic E-state index is 0.320. The molecule has 1 aromatic heterocycles. The number of aliphatic hydroxyl groups excluding tert-OH is 1. The lowest BCUT2D eigenvalue weighted by atomic mass is 10.2. The lowest BCUT2D eigenvalue weighted by molar-refractivity contribution is 0.159. The highest BCUT2D eigenvalue weighted by atomic mass is 16.3. The van der Waals surface area contributed by atoms with Gasteiger partial charge in [-0.05, 0) is 26.0 Å². The molecular weight excluding hydrogens is 230 g/mol. The third kappa shape index (κ3) is 1.46. The standard InChI is InChI=1S/C12H15N5O/c1-6(2)17-5-14-10-8(17)4-3-7-9(10)15-12(18)16-11(7)13/h3-6,12,16,18H,13H2,1-2H3. The van der Waals surface area contributed by atoms with E-state index >= 15 is 0 Å². The van der Waals surface area contributed by atoms with Crippen LogP contribution in [0.25, 0.3) is 16.9 Å². The molecule has 0 radical (unpaired) electrons. The van der Waals surface area contributed by atoms with Crippen molar-refractivity contribution in [2.75, 3.05) is 0 Å². The van der Waals surface area contributed by atoms with E-state index in [1.165, 1.54) is 0 Å². The normalized spacial score (nSPS) is 18.7. The smallest absolute Gasteiger partial charge is 0.224 e. The Morgan fingerprint density at radius 3 is 2.94 bits per heavy atom. The van der Waals surface area contributed by atoms with Gasteiger partial charge in [0.2, 0.25) is 6.35 Å². The summed E-state index contributed by atoms with van der Waals surface area (Å²) in [5.74, 6) is 0.425. The quantitative estimate of drug-likeness (QED) is 0.610. The summed E-state index contributed by atoms with van der Waals surface area (Å²) in [5, 5.41) is 13.7. The van der Waals surface area contributed by atoms with E-state index in [9.17, 15) is 5.11 Å². The van der Waals surface area contributed by atoms with Crippen molar-refractivity contribution in [3.63, 3.8) is 0 Å². The molecule has 0 aliphatic carbocycles. The molecule has 0 saturated carbocycles. The monoisotopic (exact) mass is 245 g/mol. The number of nitrogens with two attached hydrogens (primary N) is 1. The average Bonchev–Trinajstić information content (AvgIpc) is 2.72. The highest BCUT2D eigenvalue weighted by Crippen LogP contribution is 2.13. The van der Waals surface area contributed by atoms with Crippen LogP contribution < -0.4 is 21.6 Å². The summed E-state index contributed by atoms with van der Waals surface area (Å²) in [5.41, 5.74) is 7.61. The molecule has 0 amide bonds. The first-order chi connectivity index (χ1) is 8.58. The number of imidazole rings is 1. The van der Waals surface area contributed by atoms with E-state index in [1.54, 1.807) is 6.33 Å². The Kier molecular flexibility index (Phi) is 2.27. The maximum Gasteiger partial charge on any atom is 0.224 e. The molecule has 0 bridgehead atoms. The Hall–Kier alpha value is -2.08. The van der Waals surface area contributed by atoms with Crippen LogP contribution in [0.3, 0.4) is 0 Å². The Bertz CT molecular complexity index is 731. The van der Waals surface area contributed by atoms with Crippen LogP contribution in [-0.4, -0.2) is 21.0 Å². The maximum absolute atomic E-state index is 9.59. The number of hydrogen-bond acceptors (Lipinski definition) is 5. The highest BCUT2D eigenvalue weighted by molar-refractivity contribution is 5.75. The summed E-state index contributed by atoms with van der Waals surface area (Å²) in [7, 11) is 0. The molecule has 0 saturated heterocycles. The molecule has 0 fully saturated rings. The van der Waals surface area contributed by atoms with E-state index in [0.717, 1.165) is 16.3 Å². The third-order valence-corrected chi connectivity index (χ3v) is 3.10. The largest absolute Gasteiger partial charge is 0.385 e. The molecule has 2 aromatic rings. The van der Waals surface area contributed by atoms with Crippen molar-refractivity contribution < 1.29 is 5.11 Å². The fourth-order valence-corrected chi connectivity index (χ4v) is 2.22. The van der Waals surface area contributed by atoms with Gasteiger partial charge in [0, 0.05) is 11.3 Å². The number of nitrogens with one attached hydrogen (secondary N) is 1. The van der Waals surface area contributed by atoms with Crippen LogP contribution in [0.4, 0.5) is 0 Å². The minimum Gasteiger partial charge on any atom is -0.385 e. The summed E-state index contributed by atoms with van der Waals surface area (Å²) in [6.45, 7) is 4.18. The number of aliphatic hydroxyl groups is 1. The van der Waals surface area contributed by atoms with Gasteiger partial charge in [0.1, 0.15) is 16.7 Å². The van der Waals surface area contributed by atoms with Crippen LogP contribution in [-0.2, 0) is 0 Å². The van der Waals surface area contributed by atoms with Crippen LogP contribution in [0, 0.1) is 0 Å². The second-order valence-corrected chi connectivity index (χ2v) is 4.64. The number of aromatic nitrogens is 2. The van der Waals surface area contributed by atoms with Gasteiger partial charge in [-0.1, -0.05) is 0 Å². The fraction of sp³-hybridized carbons (Fsp3) is 0.333. The fourth-order valence-electron chi connectivity index (χ4n) is 2.22. The Morgan fingerprint density at radius 1 is 1.44 bits per heavy atom. The van der Waals surface area contributed by atoms with Crippen LogP contribution in [0.15, 0.2) is 23.5 Å². The zero-order chi connectivity index (χ0) is 12.9. The van der Waals surface area contributed by atoms with Crippen molar-refractivity contribution in [2.24, 2.45) is 10.7 Å². The number of nitrogens with zero attached hydrogens (tertiary/aromatic N) is 3. The van der Waals surface area contributed by atoms with Crippen LogP contribution in [0.2, 0.25) is 0 Å². The van der Waals surface area contributed by atoms with Crippen LogP contribution in [0.5, 0.6) is 0 Å². The van der Waals surface area contributed by atoms with Gasteiger partial charge in [0.25, 0.3) is 0 Å². The van der Waals surface area contributed by atoms with E-state index in [4.69, 9.17) is 5.73 Å². The lowest BCUT2D eigenvalue weighted by Gasteiger charge is -2.15. The first-order valence-electron chi connectivity index (χ1n) is 5.85. The van der Waals surface area contributed by atoms with Gasteiger partial charge in [-0.15, -0.1) is 0 Å². The molecule has 3 rings (SSSR count). The van der Waals surface area contributed by atoms with Crippen LogP contribution in [0.1, 0.15) is 19.9 Å². The van der Waals surface area contributed by atoms with Crippen molar-refractivity contribution in [1.29, 1.82) is 0 Å². The maximum atomic E-state index is 9.59. The number of benzene rings is 1. The number of fused-ring (bicyclic) bond motifs is 3. The molecule has 6 heteroatoms. The predicted molar refractivity (Wildman–Crippen MR) is 67.6 cm³/mol. The molecule has 1 aromatic carbocycles. The molecule has 18 heavy (non-hydrogen) atoms. The first kappa shape index (κ1) is 11.0. The SMILES string of the molecule is CC(C)n1cnc2c3c(ccc21)=C(N)NC(O)N=3. The predicted octanol–water partition coefficient (Wildman–Crippen LogP) is -0.860. The zero-order valence-electron chi connectivity index (χ0n) is 10.3. The zero-order valence-corrected chi connectivity index (χ0v) is 10.3. The van der Waals surface area contributed by atoms with Gasteiger partial charge in [-0.25, -0.2) is 9.98 Å². The van der Waals surface area contributed by atoms with E-state index in [-0.39, 0.29) is 0 Å². The molecule has 6 nitrogen and oxygen atoms in total. The Labute approximate surface area is 103 Å². The van der Waals surface area contributed by atoms with E-state index in [1.807, 2.05) is 12.1 Å². The van der Waals surface area contributed by atoms with Crippen molar-refractivity contribution in [3.8, 4) is 0 Å². The highest BCUT2D eigenvalue weighted by Gasteiger charge is 2.14. The topological polar surface area (TPSA) is 88.5 Å². The van der Waals surface area contributed by atoms with Gasteiger partial charge in [0.05, 0.1) is 11.8 Å². The van der Waals surface area contributed by atoms with Crippen molar-refractivity contribution in [3.05, 3.63) is 29.0 Å². The Morgan fingerprint density at radius 2 is 2.22 bits per heavy atom. The van der Waals surface area contributed by atoms with Gasteiger partial charge < -0.3 is 20.7 Å². The third-order valence-electron chi connectivity index (χ3n) is 3.10. The van der Waals surface area contributed by atoms with E-state index < -0.39 is 6.35 Å². The van der Waals surface area contributed by atoms with E-state index in [0.29, 0.717) is 17.2 Å². The molecule has 1 atom stereocenters. The minimum atomic E-state index is -1.01. The molecule has 1 unspecified atom stereocenters. The molecule has 94 valence electrons. The molecule has 1 aliphatic heterocycles. The van der Waals surface area contributed by atoms with Crippen LogP contribution >= 0.6 is 0 Å². The summed E-state index contributed by atoms with van der Waals surface area (Å²) in [6, 6.07) is 4.19.